The minimum atomic E-state index is -0.630. The Labute approximate surface area is 120 Å². The van der Waals surface area contributed by atoms with Crippen LogP contribution in [0, 0.1) is 0 Å². The van der Waals surface area contributed by atoms with Crippen molar-refractivity contribution in [2.24, 2.45) is 0 Å². The second-order valence-corrected chi connectivity index (χ2v) is 5.07. The molecule has 0 aliphatic heterocycles. The number of nitrogens with one attached hydrogen (secondary N) is 1. The number of aliphatic hydroxyl groups is 2. The first kappa shape index (κ1) is 16.9. The maximum Gasteiger partial charge on any atom is 0.119 e. The van der Waals surface area contributed by atoms with Crippen LogP contribution in [0.25, 0.3) is 0 Å². The zero-order valence-corrected chi connectivity index (χ0v) is 12.4. The monoisotopic (exact) mass is 283 g/mol. The summed E-state index contributed by atoms with van der Waals surface area (Å²) in [6, 6.07) is 7.47. The lowest BCUT2D eigenvalue weighted by atomic mass is 10.1. The molecule has 114 valence electrons. The summed E-state index contributed by atoms with van der Waals surface area (Å²) in [5.41, 5.74) is 0.779. The number of hydrogen-bond donors (Lipinski definition) is 3. The summed E-state index contributed by atoms with van der Waals surface area (Å²) >= 11 is 0. The van der Waals surface area contributed by atoms with Crippen molar-refractivity contribution in [3.63, 3.8) is 0 Å². The summed E-state index contributed by atoms with van der Waals surface area (Å²) in [5.74, 6) is 0.668. The highest BCUT2D eigenvalue weighted by atomic mass is 16.5. The Morgan fingerprint density at radius 3 is 2.30 bits per heavy atom. The molecule has 0 saturated heterocycles. The highest BCUT2D eigenvalue weighted by molar-refractivity contribution is 5.28. The van der Waals surface area contributed by atoms with Crippen molar-refractivity contribution in [2.75, 3.05) is 26.9 Å². The topological polar surface area (TPSA) is 71.0 Å². The second-order valence-electron chi connectivity index (χ2n) is 5.07. The predicted molar refractivity (Wildman–Crippen MR) is 77.9 cm³/mol. The Bertz CT molecular complexity index is 367. The minimum Gasteiger partial charge on any atom is -0.491 e. The SMILES string of the molecule is COC[C@H](O)c1ccc(OC[C@@H](O)CNC(C)C)cc1. The average Bonchev–Trinajstić information content (AvgIpc) is 2.43. The van der Waals surface area contributed by atoms with E-state index in [-0.39, 0.29) is 13.2 Å². The Balaban J connectivity index is 2.37. The van der Waals surface area contributed by atoms with Gasteiger partial charge in [0.25, 0.3) is 0 Å². The molecule has 0 heterocycles. The van der Waals surface area contributed by atoms with Gasteiger partial charge < -0.3 is 25.0 Å². The number of benzene rings is 1. The van der Waals surface area contributed by atoms with E-state index < -0.39 is 12.2 Å². The van der Waals surface area contributed by atoms with Crippen LogP contribution in [0.2, 0.25) is 0 Å². The van der Waals surface area contributed by atoms with E-state index in [2.05, 4.69) is 5.32 Å². The molecule has 1 aromatic rings. The molecule has 0 radical (unpaired) electrons. The van der Waals surface area contributed by atoms with Crippen LogP contribution in [-0.2, 0) is 4.74 Å². The van der Waals surface area contributed by atoms with Crippen molar-refractivity contribution in [3.05, 3.63) is 29.8 Å². The van der Waals surface area contributed by atoms with Crippen molar-refractivity contribution >= 4 is 0 Å². The Hall–Kier alpha value is -1.14. The van der Waals surface area contributed by atoms with E-state index in [1.165, 1.54) is 0 Å². The molecule has 0 saturated carbocycles. The first-order valence-corrected chi connectivity index (χ1v) is 6.84. The standard InChI is InChI=1S/C15H25NO4/c1-11(2)16-8-13(17)9-20-14-6-4-12(5-7-14)15(18)10-19-3/h4-7,11,13,15-18H,8-10H2,1-3H3/t13-,15-/m0/s1. The Kier molecular flexibility index (Phi) is 7.54. The highest BCUT2D eigenvalue weighted by Crippen LogP contribution is 2.18. The number of rotatable bonds is 9. The quantitative estimate of drug-likeness (QED) is 0.633. The van der Waals surface area contributed by atoms with Crippen LogP contribution >= 0.6 is 0 Å². The molecule has 1 rings (SSSR count). The summed E-state index contributed by atoms with van der Waals surface area (Å²) in [7, 11) is 1.55. The van der Waals surface area contributed by atoms with Gasteiger partial charge in [-0.05, 0) is 17.7 Å². The molecule has 0 fully saturated rings. The van der Waals surface area contributed by atoms with Crippen molar-refractivity contribution in [3.8, 4) is 5.75 Å². The molecule has 0 aliphatic carbocycles. The largest absolute Gasteiger partial charge is 0.491 e. The number of hydrogen-bond acceptors (Lipinski definition) is 5. The smallest absolute Gasteiger partial charge is 0.119 e. The predicted octanol–water partition coefficient (Wildman–Crippen LogP) is 1.10. The maximum absolute atomic E-state index is 9.74. The zero-order valence-electron chi connectivity index (χ0n) is 12.4. The molecule has 1 aromatic carbocycles. The van der Waals surface area contributed by atoms with Crippen LogP contribution in [0.4, 0.5) is 0 Å². The fourth-order valence-corrected chi connectivity index (χ4v) is 1.66. The number of ether oxygens (including phenoxy) is 2. The van der Waals surface area contributed by atoms with E-state index >= 15 is 0 Å². The molecule has 3 N–H and O–H groups in total. The van der Waals surface area contributed by atoms with Crippen molar-refractivity contribution in [1.29, 1.82) is 0 Å². The van der Waals surface area contributed by atoms with E-state index in [9.17, 15) is 10.2 Å². The van der Waals surface area contributed by atoms with Crippen LogP contribution in [-0.4, -0.2) is 49.2 Å². The molecule has 5 nitrogen and oxygen atoms in total. The van der Waals surface area contributed by atoms with Crippen LogP contribution in [0.5, 0.6) is 5.75 Å². The van der Waals surface area contributed by atoms with Gasteiger partial charge in [-0.2, -0.15) is 0 Å². The molecule has 0 aromatic heterocycles. The number of aliphatic hydroxyl groups excluding tert-OH is 2. The minimum absolute atomic E-state index is 0.236. The molecule has 0 aliphatic rings. The first-order chi connectivity index (χ1) is 9.52. The second kappa shape index (κ2) is 8.92. The van der Waals surface area contributed by atoms with Gasteiger partial charge in [0, 0.05) is 19.7 Å². The van der Waals surface area contributed by atoms with Gasteiger partial charge in [-0.1, -0.05) is 26.0 Å². The van der Waals surface area contributed by atoms with E-state index in [4.69, 9.17) is 9.47 Å². The third-order valence-corrected chi connectivity index (χ3v) is 2.79. The van der Waals surface area contributed by atoms with Gasteiger partial charge >= 0.3 is 0 Å². The molecular formula is C15H25NO4. The van der Waals surface area contributed by atoms with E-state index in [0.717, 1.165) is 5.56 Å². The summed E-state index contributed by atoms with van der Waals surface area (Å²) < 4.78 is 10.4. The van der Waals surface area contributed by atoms with Gasteiger partial charge in [-0.3, -0.25) is 0 Å². The summed E-state index contributed by atoms with van der Waals surface area (Å²) in [6.45, 7) is 5.05. The van der Waals surface area contributed by atoms with Gasteiger partial charge in [0.2, 0.25) is 0 Å². The lowest BCUT2D eigenvalue weighted by Crippen LogP contribution is -2.35. The van der Waals surface area contributed by atoms with Crippen molar-refractivity contribution in [2.45, 2.75) is 32.1 Å². The number of methoxy groups -OCH3 is 1. The molecule has 2 atom stereocenters. The molecular weight excluding hydrogens is 258 g/mol. The molecule has 0 unspecified atom stereocenters. The lowest BCUT2D eigenvalue weighted by molar-refractivity contribution is 0.0643. The summed E-state index contributed by atoms with van der Waals surface area (Å²) in [6.07, 6.45) is -1.17. The highest BCUT2D eigenvalue weighted by Gasteiger charge is 2.08. The van der Waals surface area contributed by atoms with Crippen LogP contribution in [0.15, 0.2) is 24.3 Å². The fraction of sp³-hybridized carbons (Fsp3) is 0.600. The van der Waals surface area contributed by atoms with Gasteiger partial charge in [0.05, 0.1) is 6.61 Å². The van der Waals surface area contributed by atoms with Gasteiger partial charge in [0.1, 0.15) is 24.6 Å². The van der Waals surface area contributed by atoms with Crippen LogP contribution in [0.3, 0.4) is 0 Å². The Morgan fingerprint density at radius 1 is 1.10 bits per heavy atom. The average molecular weight is 283 g/mol. The van der Waals surface area contributed by atoms with E-state index in [0.29, 0.717) is 18.3 Å². The third kappa shape index (κ3) is 6.34. The Morgan fingerprint density at radius 2 is 1.75 bits per heavy atom. The molecule has 20 heavy (non-hydrogen) atoms. The molecule has 0 spiro atoms. The van der Waals surface area contributed by atoms with Crippen LogP contribution in [0.1, 0.15) is 25.5 Å². The van der Waals surface area contributed by atoms with Gasteiger partial charge in [-0.25, -0.2) is 0 Å². The van der Waals surface area contributed by atoms with Crippen LogP contribution < -0.4 is 10.1 Å². The molecule has 0 bridgehead atoms. The zero-order chi connectivity index (χ0) is 15.0. The van der Waals surface area contributed by atoms with Crippen molar-refractivity contribution in [1.82, 2.24) is 5.32 Å². The fourth-order valence-electron chi connectivity index (χ4n) is 1.66. The first-order valence-electron chi connectivity index (χ1n) is 6.84. The molecule has 5 heteroatoms. The van der Waals surface area contributed by atoms with Gasteiger partial charge in [-0.15, -0.1) is 0 Å². The third-order valence-electron chi connectivity index (χ3n) is 2.79. The molecule has 0 amide bonds. The lowest BCUT2D eigenvalue weighted by Gasteiger charge is -2.15. The van der Waals surface area contributed by atoms with Gasteiger partial charge in [0.15, 0.2) is 0 Å². The maximum atomic E-state index is 9.74. The van der Waals surface area contributed by atoms with E-state index in [1.54, 1.807) is 31.4 Å². The summed E-state index contributed by atoms with van der Waals surface area (Å²) in [4.78, 5) is 0. The van der Waals surface area contributed by atoms with Crippen molar-refractivity contribution < 1.29 is 19.7 Å². The summed E-state index contributed by atoms with van der Waals surface area (Å²) in [5, 5.41) is 22.6. The normalized spacial score (nSPS) is 14.3. The van der Waals surface area contributed by atoms with E-state index in [1.807, 2.05) is 13.8 Å².